The number of anilines is 2. The third kappa shape index (κ3) is 8.14. The molecule has 3 N–H and O–H groups in total. The fraction of sp³-hybridized carbons (Fsp3) is 0.435. The van der Waals surface area contributed by atoms with Gasteiger partial charge in [0.1, 0.15) is 11.5 Å². The van der Waals surface area contributed by atoms with E-state index in [4.69, 9.17) is 9.47 Å². The largest absolute Gasteiger partial charge is 0.495 e. The smallest absolute Gasteiger partial charge is 0.345 e. The molecule has 10 heteroatoms. The Kier molecular flexibility index (Phi) is 10.3. The molecule has 0 radical (unpaired) electrons. The molecule has 0 saturated heterocycles. The second kappa shape index (κ2) is 12.9. The first-order chi connectivity index (χ1) is 15.8. The summed E-state index contributed by atoms with van der Waals surface area (Å²) < 4.78 is 39.4. The van der Waals surface area contributed by atoms with Crippen LogP contribution in [0.3, 0.4) is 0 Å². The highest BCUT2D eigenvalue weighted by Gasteiger charge is 2.20. The lowest BCUT2D eigenvalue weighted by atomic mass is 10.1. The van der Waals surface area contributed by atoms with Gasteiger partial charge in [-0.05, 0) is 36.8 Å². The summed E-state index contributed by atoms with van der Waals surface area (Å²) in [4.78, 5) is 11.9. The molecular weight excluding hydrogens is 446 g/mol. The quantitative estimate of drug-likeness (QED) is 0.209. The van der Waals surface area contributed by atoms with Gasteiger partial charge in [-0.1, -0.05) is 51.2 Å². The number of nitrogens with zero attached hydrogens (tertiary/aromatic N) is 1. The van der Waals surface area contributed by atoms with Gasteiger partial charge in [-0.3, -0.25) is 9.93 Å². The first-order valence-corrected chi connectivity index (χ1v) is 12.4. The van der Waals surface area contributed by atoms with Crippen molar-refractivity contribution in [3.8, 4) is 11.5 Å². The van der Waals surface area contributed by atoms with Crippen LogP contribution in [0.25, 0.3) is 0 Å². The van der Waals surface area contributed by atoms with Crippen LogP contribution in [0.15, 0.2) is 47.4 Å². The molecule has 0 aliphatic carbocycles. The molecular formula is C23H33N3O6S. The summed E-state index contributed by atoms with van der Waals surface area (Å²) in [6.45, 7) is 2.59. The van der Waals surface area contributed by atoms with Gasteiger partial charge < -0.3 is 14.8 Å². The van der Waals surface area contributed by atoms with Crippen LogP contribution in [0.1, 0.15) is 45.4 Å². The lowest BCUT2D eigenvalue weighted by molar-refractivity contribution is -0.0118. The van der Waals surface area contributed by atoms with Crippen LogP contribution in [0, 0.1) is 0 Å². The number of para-hydroxylation sites is 2. The minimum Gasteiger partial charge on any atom is -0.495 e. The molecule has 0 fully saturated rings. The highest BCUT2D eigenvalue weighted by molar-refractivity contribution is 7.92. The molecule has 2 amide bonds. The summed E-state index contributed by atoms with van der Waals surface area (Å²) in [5.74, 6) is 0.686. The summed E-state index contributed by atoms with van der Waals surface area (Å²) in [5, 5.41) is 12.2. The standard InChI is InChI=1S/C23H33N3O6S/c1-4-5-6-7-8-11-16-32-22-15-14-18(17-20(22)24-23(27)26(2)28)33(29,30)25-19-12-9-10-13-21(19)31-3/h9-10,12-15,17,25,28H,4-8,11,16H2,1-3H3,(H,24,27). The third-order valence-electron chi connectivity index (χ3n) is 4.90. The summed E-state index contributed by atoms with van der Waals surface area (Å²) in [5.41, 5.74) is 0.416. The number of urea groups is 1. The minimum absolute atomic E-state index is 0.0868. The van der Waals surface area contributed by atoms with Gasteiger partial charge in [-0.2, -0.15) is 0 Å². The third-order valence-corrected chi connectivity index (χ3v) is 6.27. The van der Waals surface area contributed by atoms with Crippen molar-refractivity contribution in [3.05, 3.63) is 42.5 Å². The van der Waals surface area contributed by atoms with Crippen LogP contribution in [0.2, 0.25) is 0 Å². The first kappa shape index (κ1) is 26.3. The van der Waals surface area contributed by atoms with Gasteiger partial charge in [0.15, 0.2) is 0 Å². The SMILES string of the molecule is CCCCCCCCOc1ccc(S(=O)(=O)Nc2ccccc2OC)cc1NC(=O)N(C)O. The van der Waals surface area contributed by atoms with Crippen LogP contribution < -0.4 is 19.5 Å². The molecule has 0 unspecified atom stereocenters. The zero-order chi connectivity index (χ0) is 24.3. The summed E-state index contributed by atoms with van der Waals surface area (Å²) in [7, 11) is -1.38. The molecule has 9 nitrogen and oxygen atoms in total. The molecule has 0 heterocycles. The van der Waals surface area contributed by atoms with E-state index < -0.39 is 16.1 Å². The second-order valence-electron chi connectivity index (χ2n) is 7.53. The van der Waals surface area contributed by atoms with Gasteiger partial charge in [0, 0.05) is 7.05 Å². The molecule has 0 saturated carbocycles. The number of hydroxylamine groups is 2. The molecule has 33 heavy (non-hydrogen) atoms. The van der Waals surface area contributed by atoms with E-state index in [9.17, 15) is 18.4 Å². The number of methoxy groups -OCH3 is 1. The summed E-state index contributed by atoms with van der Waals surface area (Å²) in [6, 6.07) is 9.97. The number of hydrogen-bond acceptors (Lipinski definition) is 6. The number of amides is 2. The lowest BCUT2D eigenvalue weighted by Gasteiger charge is -2.17. The van der Waals surface area contributed by atoms with Crippen molar-refractivity contribution in [1.29, 1.82) is 0 Å². The van der Waals surface area contributed by atoms with E-state index in [0.29, 0.717) is 23.2 Å². The van der Waals surface area contributed by atoms with Crippen molar-refractivity contribution >= 4 is 27.4 Å². The molecule has 2 aromatic carbocycles. The average Bonchev–Trinajstić information content (AvgIpc) is 2.79. The Morgan fingerprint density at radius 1 is 1.00 bits per heavy atom. The molecule has 0 atom stereocenters. The second-order valence-corrected chi connectivity index (χ2v) is 9.22. The molecule has 2 rings (SSSR count). The van der Waals surface area contributed by atoms with Crippen LogP contribution in [0.5, 0.6) is 11.5 Å². The zero-order valence-electron chi connectivity index (χ0n) is 19.3. The van der Waals surface area contributed by atoms with Crippen LogP contribution in [-0.4, -0.2) is 45.5 Å². The van der Waals surface area contributed by atoms with Crippen molar-refractivity contribution in [3.63, 3.8) is 0 Å². The van der Waals surface area contributed by atoms with E-state index in [2.05, 4.69) is 17.0 Å². The Bertz CT molecular complexity index is 1010. The van der Waals surface area contributed by atoms with Gasteiger partial charge >= 0.3 is 6.03 Å². The highest BCUT2D eigenvalue weighted by atomic mass is 32.2. The van der Waals surface area contributed by atoms with E-state index in [1.807, 2.05) is 0 Å². The Balaban J connectivity index is 2.19. The molecule has 0 bridgehead atoms. The average molecular weight is 480 g/mol. The molecule has 182 valence electrons. The summed E-state index contributed by atoms with van der Waals surface area (Å²) >= 11 is 0. The first-order valence-electron chi connectivity index (χ1n) is 10.9. The zero-order valence-corrected chi connectivity index (χ0v) is 20.2. The Labute approximate surface area is 195 Å². The number of hydrogen-bond donors (Lipinski definition) is 3. The van der Waals surface area contributed by atoms with Crippen LogP contribution in [-0.2, 0) is 10.0 Å². The maximum atomic E-state index is 13.0. The van der Waals surface area contributed by atoms with Gasteiger partial charge in [0.25, 0.3) is 10.0 Å². The van der Waals surface area contributed by atoms with E-state index >= 15 is 0 Å². The highest BCUT2D eigenvalue weighted by Crippen LogP contribution is 2.31. The van der Waals surface area contributed by atoms with E-state index in [1.54, 1.807) is 24.3 Å². The van der Waals surface area contributed by atoms with Crippen molar-refractivity contribution in [2.24, 2.45) is 0 Å². The van der Waals surface area contributed by atoms with Gasteiger partial charge in [-0.25, -0.2) is 18.3 Å². The molecule has 0 aromatic heterocycles. The number of carbonyl (C=O) groups is 1. The van der Waals surface area contributed by atoms with E-state index in [-0.39, 0.29) is 16.3 Å². The number of nitrogens with one attached hydrogen (secondary N) is 2. The van der Waals surface area contributed by atoms with Gasteiger partial charge in [0.05, 0.1) is 30.0 Å². The lowest BCUT2D eigenvalue weighted by Crippen LogP contribution is -2.28. The Hall–Kier alpha value is -2.98. The van der Waals surface area contributed by atoms with Crippen molar-refractivity contribution in [2.75, 3.05) is 30.8 Å². The predicted molar refractivity (Wildman–Crippen MR) is 128 cm³/mol. The Morgan fingerprint density at radius 3 is 2.39 bits per heavy atom. The summed E-state index contributed by atoms with van der Waals surface area (Å²) in [6.07, 6.45) is 6.57. The number of rotatable bonds is 13. The predicted octanol–water partition coefficient (Wildman–Crippen LogP) is 5.09. The van der Waals surface area contributed by atoms with Crippen molar-refractivity contribution in [1.82, 2.24) is 5.06 Å². The van der Waals surface area contributed by atoms with E-state index in [0.717, 1.165) is 26.3 Å². The Morgan fingerprint density at radius 2 is 1.70 bits per heavy atom. The maximum absolute atomic E-state index is 13.0. The molecule has 0 spiro atoms. The van der Waals surface area contributed by atoms with Crippen LogP contribution in [0.4, 0.5) is 16.2 Å². The molecule has 0 aliphatic rings. The topological polar surface area (TPSA) is 117 Å². The number of benzene rings is 2. The molecule has 2 aromatic rings. The monoisotopic (exact) mass is 479 g/mol. The van der Waals surface area contributed by atoms with Crippen molar-refractivity contribution in [2.45, 2.75) is 50.3 Å². The van der Waals surface area contributed by atoms with Gasteiger partial charge in [0.2, 0.25) is 0 Å². The molecule has 0 aliphatic heterocycles. The maximum Gasteiger partial charge on any atom is 0.345 e. The minimum atomic E-state index is -3.99. The van der Waals surface area contributed by atoms with Crippen molar-refractivity contribution < 1.29 is 27.9 Å². The number of ether oxygens (including phenoxy) is 2. The van der Waals surface area contributed by atoms with E-state index in [1.165, 1.54) is 44.6 Å². The number of carbonyl (C=O) groups excluding carboxylic acids is 1. The number of unbranched alkanes of at least 4 members (excludes halogenated alkanes) is 5. The van der Waals surface area contributed by atoms with Gasteiger partial charge in [-0.15, -0.1) is 0 Å². The fourth-order valence-corrected chi connectivity index (χ4v) is 4.19. The fourth-order valence-electron chi connectivity index (χ4n) is 3.09. The van der Waals surface area contributed by atoms with Crippen LogP contribution >= 0.6 is 0 Å². The number of sulfonamides is 1. The normalized spacial score (nSPS) is 11.0.